The van der Waals surface area contributed by atoms with Crippen molar-refractivity contribution in [3.63, 3.8) is 0 Å². The van der Waals surface area contributed by atoms with Crippen molar-refractivity contribution in [1.82, 2.24) is 10.2 Å². The van der Waals surface area contributed by atoms with Gasteiger partial charge in [0.2, 0.25) is 11.8 Å². The molecule has 0 heterocycles. The summed E-state index contributed by atoms with van der Waals surface area (Å²) in [6.45, 7) is 4.55. The number of likely N-dealkylation sites (N-methyl/N-ethyl adjacent to an activating group) is 1. The van der Waals surface area contributed by atoms with E-state index in [9.17, 15) is 14.0 Å². The van der Waals surface area contributed by atoms with Gasteiger partial charge in [-0.05, 0) is 42.7 Å². The van der Waals surface area contributed by atoms with Gasteiger partial charge in [-0.25, -0.2) is 4.39 Å². The van der Waals surface area contributed by atoms with Crippen LogP contribution in [0.1, 0.15) is 29.2 Å². The van der Waals surface area contributed by atoms with Crippen LogP contribution in [0.3, 0.4) is 0 Å². The number of rotatable bonds is 9. The average molecular weight is 433 g/mol. The molecule has 3 aromatic carbocycles. The lowest BCUT2D eigenvalue weighted by atomic mass is 10.0. The topological polar surface area (TPSA) is 49.4 Å². The number of hydrogen-bond acceptors (Lipinski definition) is 2. The summed E-state index contributed by atoms with van der Waals surface area (Å²) in [5.41, 5.74) is 3.75. The molecular formula is C27H29FN2O2. The first-order chi connectivity index (χ1) is 15.5. The molecule has 3 rings (SSSR count). The molecule has 0 saturated carbocycles. The van der Waals surface area contributed by atoms with Gasteiger partial charge in [0.25, 0.3) is 0 Å². The zero-order valence-electron chi connectivity index (χ0n) is 18.6. The van der Waals surface area contributed by atoms with Crippen molar-refractivity contribution in [2.45, 2.75) is 39.3 Å². The van der Waals surface area contributed by atoms with Crippen LogP contribution < -0.4 is 5.32 Å². The van der Waals surface area contributed by atoms with E-state index in [1.54, 1.807) is 17.0 Å². The van der Waals surface area contributed by atoms with Gasteiger partial charge >= 0.3 is 0 Å². The van der Waals surface area contributed by atoms with Crippen LogP contribution in [0.15, 0.2) is 78.9 Å². The minimum atomic E-state index is -0.680. The molecular weight excluding hydrogens is 403 g/mol. The van der Waals surface area contributed by atoms with Gasteiger partial charge in [0, 0.05) is 19.5 Å². The Balaban J connectivity index is 1.93. The van der Waals surface area contributed by atoms with Gasteiger partial charge in [0.05, 0.1) is 6.42 Å². The molecule has 2 amide bonds. The third-order valence-corrected chi connectivity index (χ3v) is 5.36. The first-order valence-electron chi connectivity index (χ1n) is 10.9. The maximum Gasteiger partial charge on any atom is 0.243 e. The highest BCUT2D eigenvalue weighted by Gasteiger charge is 2.30. The highest BCUT2D eigenvalue weighted by atomic mass is 19.1. The molecule has 0 aromatic heterocycles. The van der Waals surface area contributed by atoms with Crippen molar-refractivity contribution in [2.24, 2.45) is 0 Å². The third kappa shape index (κ3) is 6.51. The molecule has 3 aromatic rings. The van der Waals surface area contributed by atoms with Gasteiger partial charge in [0.15, 0.2) is 0 Å². The van der Waals surface area contributed by atoms with Gasteiger partial charge in [-0.15, -0.1) is 0 Å². The van der Waals surface area contributed by atoms with Crippen molar-refractivity contribution >= 4 is 11.8 Å². The van der Waals surface area contributed by atoms with E-state index in [-0.39, 0.29) is 30.6 Å². The molecule has 0 fully saturated rings. The van der Waals surface area contributed by atoms with E-state index in [0.29, 0.717) is 13.0 Å². The summed E-state index contributed by atoms with van der Waals surface area (Å²) in [6.07, 6.45) is 0.583. The van der Waals surface area contributed by atoms with Gasteiger partial charge in [-0.1, -0.05) is 72.3 Å². The number of nitrogens with one attached hydrogen (secondary N) is 1. The van der Waals surface area contributed by atoms with Crippen molar-refractivity contribution in [1.29, 1.82) is 0 Å². The molecule has 0 aliphatic carbocycles. The summed E-state index contributed by atoms with van der Waals surface area (Å²) in [4.78, 5) is 28.2. The van der Waals surface area contributed by atoms with Crippen LogP contribution in [0.4, 0.5) is 4.39 Å². The summed E-state index contributed by atoms with van der Waals surface area (Å²) in [7, 11) is 0. The highest BCUT2D eigenvalue weighted by molar-refractivity contribution is 5.88. The number of carbonyl (C=O) groups is 2. The van der Waals surface area contributed by atoms with Crippen molar-refractivity contribution in [3.8, 4) is 0 Å². The van der Waals surface area contributed by atoms with Gasteiger partial charge < -0.3 is 10.2 Å². The maximum atomic E-state index is 13.5. The summed E-state index contributed by atoms with van der Waals surface area (Å²) in [5.74, 6) is -0.683. The Morgan fingerprint density at radius 2 is 1.50 bits per heavy atom. The molecule has 0 unspecified atom stereocenters. The lowest BCUT2D eigenvalue weighted by Crippen LogP contribution is -2.50. The minimum Gasteiger partial charge on any atom is -0.355 e. The first-order valence-corrected chi connectivity index (χ1v) is 10.9. The predicted octanol–water partition coefficient (Wildman–Crippen LogP) is 4.45. The minimum absolute atomic E-state index is 0.148. The number of aryl methyl sites for hydroxylation is 1. The number of halogens is 1. The number of hydrogen-bond donors (Lipinski definition) is 1. The molecule has 4 nitrogen and oxygen atoms in total. The lowest BCUT2D eigenvalue weighted by Gasteiger charge is -2.31. The van der Waals surface area contributed by atoms with Crippen molar-refractivity contribution in [3.05, 3.63) is 107 Å². The van der Waals surface area contributed by atoms with E-state index >= 15 is 0 Å². The second-order valence-corrected chi connectivity index (χ2v) is 7.91. The first kappa shape index (κ1) is 23.2. The Morgan fingerprint density at radius 1 is 0.875 bits per heavy atom. The molecule has 1 N–H and O–H groups in total. The zero-order chi connectivity index (χ0) is 22.9. The van der Waals surface area contributed by atoms with Gasteiger partial charge in [-0.3, -0.25) is 9.59 Å². The number of benzene rings is 3. The Labute approximate surface area is 189 Å². The molecule has 0 radical (unpaired) electrons. The zero-order valence-corrected chi connectivity index (χ0v) is 18.6. The van der Waals surface area contributed by atoms with Crippen LogP contribution in [0.5, 0.6) is 0 Å². The largest absolute Gasteiger partial charge is 0.355 e. The van der Waals surface area contributed by atoms with E-state index in [1.807, 2.05) is 68.4 Å². The molecule has 166 valence electrons. The van der Waals surface area contributed by atoms with E-state index in [4.69, 9.17) is 0 Å². The van der Waals surface area contributed by atoms with E-state index in [1.165, 1.54) is 12.1 Å². The fourth-order valence-corrected chi connectivity index (χ4v) is 3.61. The Morgan fingerprint density at radius 3 is 2.12 bits per heavy atom. The average Bonchev–Trinajstić information content (AvgIpc) is 2.79. The summed E-state index contributed by atoms with van der Waals surface area (Å²) < 4.78 is 13.4. The predicted molar refractivity (Wildman–Crippen MR) is 124 cm³/mol. The van der Waals surface area contributed by atoms with E-state index in [0.717, 1.165) is 22.3 Å². The van der Waals surface area contributed by atoms with Crippen LogP contribution >= 0.6 is 0 Å². The van der Waals surface area contributed by atoms with Crippen LogP contribution in [0.25, 0.3) is 0 Å². The summed E-state index contributed by atoms with van der Waals surface area (Å²) in [5, 5.41) is 2.87. The smallest absolute Gasteiger partial charge is 0.243 e. The molecule has 32 heavy (non-hydrogen) atoms. The third-order valence-electron chi connectivity index (χ3n) is 5.36. The van der Waals surface area contributed by atoms with Crippen LogP contribution in [0.2, 0.25) is 0 Å². The van der Waals surface area contributed by atoms with Crippen molar-refractivity contribution < 1.29 is 14.0 Å². The number of amides is 2. The second-order valence-electron chi connectivity index (χ2n) is 7.91. The second kappa shape index (κ2) is 11.2. The Bertz CT molecular complexity index is 1020. The SMILES string of the molecule is CCNC(=O)[C@@H](Cc1ccccc1)N(Cc1ccc(F)cc1)C(=O)Cc1ccc(C)cc1. The standard InChI is InChI=1S/C27H29FN2O2/c1-3-29-27(32)25(17-21-7-5-4-6-8-21)30(19-23-13-15-24(28)16-14-23)26(31)18-22-11-9-20(2)10-12-22/h4-16,25H,3,17-19H2,1-2H3,(H,29,32)/t25-/m1/s1. The number of nitrogens with zero attached hydrogens (tertiary/aromatic N) is 1. The monoisotopic (exact) mass is 432 g/mol. The normalized spacial score (nSPS) is 11.6. The Kier molecular flexibility index (Phi) is 8.14. The molecule has 5 heteroatoms. The summed E-state index contributed by atoms with van der Waals surface area (Å²) in [6, 6.07) is 22.8. The van der Waals surface area contributed by atoms with Gasteiger partial charge in [-0.2, -0.15) is 0 Å². The maximum absolute atomic E-state index is 13.5. The molecule has 0 bridgehead atoms. The molecule has 0 saturated heterocycles. The Hall–Kier alpha value is -3.47. The van der Waals surface area contributed by atoms with E-state index in [2.05, 4.69) is 5.32 Å². The van der Waals surface area contributed by atoms with Crippen LogP contribution in [-0.2, 0) is 29.0 Å². The van der Waals surface area contributed by atoms with Crippen LogP contribution in [0, 0.1) is 12.7 Å². The lowest BCUT2D eigenvalue weighted by molar-refractivity contribution is -0.140. The van der Waals surface area contributed by atoms with Crippen LogP contribution in [-0.4, -0.2) is 29.3 Å². The van der Waals surface area contributed by atoms with Crippen molar-refractivity contribution in [2.75, 3.05) is 6.54 Å². The molecule has 0 aliphatic heterocycles. The molecule has 0 aliphatic rings. The molecule has 0 spiro atoms. The summed E-state index contributed by atoms with van der Waals surface area (Å²) >= 11 is 0. The van der Waals surface area contributed by atoms with Gasteiger partial charge in [0.1, 0.15) is 11.9 Å². The fraction of sp³-hybridized carbons (Fsp3) is 0.259. The number of carbonyl (C=O) groups excluding carboxylic acids is 2. The van der Waals surface area contributed by atoms with E-state index < -0.39 is 6.04 Å². The highest BCUT2D eigenvalue weighted by Crippen LogP contribution is 2.17. The quantitative estimate of drug-likeness (QED) is 0.543. The fourth-order valence-electron chi connectivity index (χ4n) is 3.61. The molecule has 1 atom stereocenters.